The van der Waals surface area contributed by atoms with Crippen molar-refractivity contribution in [1.82, 2.24) is 0 Å². The van der Waals surface area contributed by atoms with Gasteiger partial charge in [0.25, 0.3) is 0 Å². The van der Waals surface area contributed by atoms with E-state index < -0.39 is 12.2 Å². The topological polar surface area (TPSA) is 136 Å². The lowest BCUT2D eigenvalue weighted by atomic mass is 11.2. The van der Waals surface area contributed by atoms with E-state index in [4.69, 9.17) is 20.0 Å². The number of amides is 2. The van der Waals surface area contributed by atoms with Gasteiger partial charge in [-0.25, -0.2) is 9.59 Å². The van der Waals surface area contributed by atoms with Crippen LogP contribution in [0, 0.1) is 0 Å². The molecule has 0 spiro atoms. The third kappa shape index (κ3) is 526. The minimum atomic E-state index is -1.69. The number of hydrogen-bond acceptors (Lipinski definition) is 4. The van der Waals surface area contributed by atoms with Gasteiger partial charge in [-0.1, -0.05) is 0 Å². The molecular weight excluding hydrogens is 132 g/mol. The second kappa shape index (κ2) is 6.50. The Hall–Kier alpha value is -1.50. The highest BCUT2D eigenvalue weighted by molar-refractivity contribution is 5.69. The fourth-order valence-electron chi connectivity index (χ4n) is 0. The zero-order chi connectivity index (χ0) is 7.86. The third-order valence-corrected chi connectivity index (χ3v) is 0.0781. The van der Waals surface area contributed by atoms with E-state index in [1.165, 1.54) is 0 Å². The van der Waals surface area contributed by atoms with Crippen molar-refractivity contribution in [1.29, 1.82) is 0 Å². The van der Waals surface area contributed by atoms with Crippen molar-refractivity contribution in [3.8, 4) is 0 Å². The summed E-state index contributed by atoms with van der Waals surface area (Å²) in [6.07, 6.45) is -1.69. The molecule has 0 aromatic heterocycles. The van der Waals surface area contributed by atoms with E-state index in [1.807, 2.05) is 0 Å². The smallest absolute Gasteiger partial charge is 0.448 e. The molecule has 0 aliphatic carbocycles. The van der Waals surface area contributed by atoms with Crippen LogP contribution in [-0.4, -0.2) is 22.6 Å². The first-order valence-corrected chi connectivity index (χ1v) is 1.60. The first kappa shape index (κ1) is 10.5. The summed E-state index contributed by atoms with van der Waals surface area (Å²) in [5, 5.41) is 14.3. The number of urea groups is 1. The predicted octanol–water partition coefficient (Wildman–Crippen LogP) is -0.822. The first-order chi connectivity index (χ1) is 4.00. The van der Waals surface area contributed by atoms with Crippen molar-refractivity contribution < 1.29 is 24.8 Å². The molecule has 0 aromatic carbocycles. The van der Waals surface area contributed by atoms with Gasteiger partial charge < -0.3 is 16.6 Å². The van der Waals surface area contributed by atoms with Crippen molar-refractivity contribution >= 4 is 12.2 Å². The Kier molecular flexibility index (Phi) is 7.57. The average Bonchev–Trinajstić information content (AvgIpc) is 1.65. The molecule has 0 unspecified atom stereocenters. The minimum Gasteiger partial charge on any atom is -0.448 e. The lowest BCUT2D eigenvalue weighted by Crippen LogP contribution is -2.18. The fourth-order valence-corrected chi connectivity index (χ4v) is 0. The van der Waals surface area contributed by atoms with Crippen LogP contribution in [0.2, 0.25) is 0 Å². The summed E-state index contributed by atoms with van der Waals surface area (Å²) in [6.45, 7) is 0. The summed E-state index contributed by atoms with van der Waals surface area (Å²) in [5.41, 5.74) is 8.50. The molecule has 0 saturated heterocycles. The summed E-state index contributed by atoms with van der Waals surface area (Å²) in [6, 6.07) is -0.833. The average molecular weight is 138 g/mol. The Balaban J connectivity index is 0. The molecule has 0 saturated carbocycles. The van der Waals surface area contributed by atoms with Crippen LogP contribution in [0.1, 0.15) is 0 Å². The highest BCUT2D eigenvalue weighted by atomic mass is 17.1. The van der Waals surface area contributed by atoms with E-state index in [-0.39, 0.29) is 0 Å². The molecule has 0 atom stereocenters. The van der Waals surface area contributed by atoms with E-state index in [0.29, 0.717) is 0 Å². The van der Waals surface area contributed by atoms with E-state index in [2.05, 4.69) is 16.4 Å². The van der Waals surface area contributed by atoms with Gasteiger partial charge in [0.2, 0.25) is 0 Å². The molecule has 54 valence electrons. The molecule has 2 amide bonds. The maximum Gasteiger partial charge on any atom is 0.537 e. The highest BCUT2D eigenvalue weighted by Gasteiger charge is 1.84. The van der Waals surface area contributed by atoms with E-state index in [1.54, 1.807) is 0 Å². The van der Waals surface area contributed by atoms with Gasteiger partial charge in [0.1, 0.15) is 0 Å². The van der Waals surface area contributed by atoms with Crippen molar-refractivity contribution in [2.45, 2.75) is 0 Å². The normalized spacial score (nSPS) is 6.33. The van der Waals surface area contributed by atoms with Crippen molar-refractivity contribution in [2.24, 2.45) is 11.5 Å². The second-order valence-corrected chi connectivity index (χ2v) is 0.760. The second-order valence-electron chi connectivity index (χ2n) is 0.760. The summed E-state index contributed by atoms with van der Waals surface area (Å²) in [5.74, 6) is 0. The zero-order valence-corrected chi connectivity index (χ0v) is 4.27. The number of carbonyl (C=O) groups excluding carboxylic acids is 1. The number of primary amides is 2. The Labute approximate surface area is 49.7 Å². The van der Waals surface area contributed by atoms with Gasteiger partial charge in [0.05, 0.1) is 0 Å². The van der Waals surface area contributed by atoms with E-state index in [0.717, 1.165) is 0 Å². The van der Waals surface area contributed by atoms with Gasteiger partial charge in [-0.15, -0.1) is 0 Å². The molecule has 6 N–H and O–H groups in total. The lowest BCUT2D eigenvalue weighted by Gasteiger charge is -1.75. The number of nitrogens with two attached hydrogens (primary N) is 2. The van der Waals surface area contributed by atoms with Crippen LogP contribution >= 0.6 is 0 Å². The Morgan fingerprint density at radius 1 is 1.33 bits per heavy atom. The molecule has 0 bridgehead atoms. The summed E-state index contributed by atoms with van der Waals surface area (Å²) in [7, 11) is 0. The van der Waals surface area contributed by atoms with Crippen LogP contribution in [0.4, 0.5) is 9.59 Å². The molecule has 7 heteroatoms. The van der Waals surface area contributed by atoms with Gasteiger partial charge >= 0.3 is 12.2 Å². The number of rotatable bonds is 0. The van der Waals surface area contributed by atoms with Crippen molar-refractivity contribution in [2.75, 3.05) is 0 Å². The van der Waals surface area contributed by atoms with Crippen LogP contribution in [0.3, 0.4) is 0 Å². The summed E-state index contributed by atoms with van der Waals surface area (Å²) < 4.78 is 0. The van der Waals surface area contributed by atoms with E-state index >= 15 is 0 Å². The molecule has 0 rings (SSSR count). The Morgan fingerprint density at radius 3 is 1.44 bits per heavy atom. The van der Waals surface area contributed by atoms with Crippen molar-refractivity contribution in [3.05, 3.63) is 0 Å². The summed E-state index contributed by atoms with van der Waals surface area (Å²) in [4.78, 5) is 20.6. The number of carboxylic acid groups (broad SMARTS) is 1. The molecule has 7 nitrogen and oxygen atoms in total. The molecular formula is C2H6N2O5. The molecule has 0 aromatic rings. The highest BCUT2D eigenvalue weighted by Crippen LogP contribution is 1.59. The van der Waals surface area contributed by atoms with Gasteiger partial charge in [-0.3, -0.25) is 4.89 Å². The Morgan fingerprint density at radius 2 is 1.44 bits per heavy atom. The molecule has 0 heterocycles. The zero-order valence-electron chi connectivity index (χ0n) is 4.27. The lowest BCUT2D eigenvalue weighted by molar-refractivity contribution is -0.194. The maximum atomic E-state index is 9.00. The fraction of sp³-hybridized carbons (Fsp3) is 0. The number of carbonyl (C=O) groups is 2. The Bertz CT molecular complexity index is 97.1. The molecule has 9 heavy (non-hydrogen) atoms. The molecule has 0 aliphatic heterocycles. The summed E-state index contributed by atoms with van der Waals surface area (Å²) >= 11 is 0. The van der Waals surface area contributed by atoms with Gasteiger partial charge in [0.15, 0.2) is 0 Å². The van der Waals surface area contributed by atoms with E-state index in [9.17, 15) is 0 Å². The third-order valence-electron chi connectivity index (χ3n) is 0.0781. The monoisotopic (exact) mass is 138 g/mol. The SMILES string of the molecule is NC(N)=O.O=C(O)OO. The van der Waals surface area contributed by atoms with Gasteiger partial charge in [0, 0.05) is 0 Å². The standard InChI is InChI=1S/CH4N2O.CH2O4/c2-1(3)4;2-1(3)5-4/h(H4,2,3,4);4H,(H,2,3). The maximum absolute atomic E-state index is 9.00. The molecule has 0 fully saturated rings. The van der Waals surface area contributed by atoms with Crippen molar-refractivity contribution in [3.63, 3.8) is 0 Å². The first-order valence-electron chi connectivity index (χ1n) is 1.60. The van der Waals surface area contributed by atoms with Gasteiger partial charge in [-0.2, -0.15) is 5.26 Å². The quantitative estimate of drug-likeness (QED) is 0.256. The van der Waals surface area contributed by atoms with Crippen LogP contribution in [0.15, 0.2) is 0 Å². The van der Waals surface area contributed by atoms with Gasteiger partial charge in [-0.05, 0) is 0 Å². The van der Waals surface area contributed by atoms with Crippen LogP contribution in [-0.2, 0) is 4.89 Å². The number of hydrogen-bond donors (Lipinski definition) is 4. The predicted molar refractivity (Wildman–Crippen MR) is 25.5 cm³/mol. The largest absolute Gasteiger partial charge is 0.537 e. The minimum absolute atomic E-state index is 0.833. The van der Waals surface area contributed by atoms with Crippen LogP contribution in [0.5, 0.6) is 0 Å². The van der Waals surface area contributed by atoms with Crippen LogP contribution < -0.4 is 11.5 Å². The van der Waals surface area contributed by atoms with Crippen LogP contribution in [0.25, 0.3) is 0 Å². The molecule has 0 aliphatic rings. The molecule has 0 radical (unpaired) electrons.